The fourth-order valence-electron chi connectivity index (χ4n) is 2.71. The molecule has 0 radical (unpaired) electrons. The molecule has 2 aromatic rings. The van der Waals surface area contributed by atoms with Crippen molar-refractivity contribution in [2.75, 3.05) is 0 Å². The fourth-order valence-corrected chi connectivity index (χ4v) is 4.10. The lowest BCUT2D eigenvalue weighted by Crippen LogP contribution is -2.19. The molecule has 0 saturated heterocycles. The van der Waals surface area contributed by atoms with Crippen LogP contribution in [0.2, 0.25) is 0 Å². The summed E-state index contributed by atoms with van der Waals surface area (Å²) in [5, 5.41) is 3.63. The molecular formula is C18H21Br2N. The molecule has 3 heteroatoms. The molecule has 0 amide bonds. The third-order valence-corrected chi connectivity index (χ3v) is 5.03. The summed E-state index contributed by atoms with van der Waals surface area (Å²) in [7, 11) is 0. The van der Waals surface area contributed by atoms with Gasteiger partial charge >= 0.3 is 0 Å². The largest absolute Gasteiger partial charge is 0.306 e. The highest BCUT2D eigenvalue weighted by atomic mass is 79.9. The zero-order valence-electron chi connectivity index (χ0n) is 12.9. The quantitative estimate of drug-likeness (QED) is 0.652. The van der Waals surface area contributed by atoms with E-state index in [9.17, 15) is 0 Å². The van der Waals surface area contributed by atoms with Crippen molar-refractivity contribution in [3.63, 3.8) is 0 Å². The number of aryl methyl sites for hydroxylation is 3. The van der Waals surface area contributed by atoms with Gasteiger partial charge in [-0.05, 0) is 62.1 Å². The van der Waals surface area contributed by atoms with Crippen LogP contribution in [0.1, 0.15) is 40.8 Å². The molecule has 21 heavy (non-hydrogen) atoms. The zero-order chi connectivity index (χ0) is 15.6. The summed E-state index contributed by atoms with van der Waals surface area (Å²) in [5.74, 6) is 0. The molecule has 0 bridgehead atoms. The molecule has 1 nitrogen and oxygen atoms in total. The molecule has 112 valence electrons. The van der Waals surface area contributed by atoms with Gasteiger partial charge in [0.25, 0.3) is 0 Å². The summed E-state index contributed by atoms with van der Waals surface area (Å²) in [6.45, 7) is 9.63. The van der Waals surface area contributed by atoms with E-state index in [0.717, 1.165) is 15.5 Å². The summed E-state index contributed by atoms with van der Waals surface area (Å²) in [6, 6.07) is 11.1. The second kappa shape index (κ2) is 7.08. The van der Waals surface area contributed by atoms with Crippen molar-refractivity contribution in [2.24, 2.45) is 0 Å². The predicted molar refractivity (Wildman–Crippen MR) is 97.7 cm³/mol. The minimum Gasteiger partial charge on any atom is -0.306 e. The van der Waals surface area contributed by atoms with E-state index in [2.05, 4.69) is 95.2 Å². The van der Waals surface area contributed by atoms with Crippen molar-refractivity contribution in [1.82, 2.24) is 5.32 Å². The average Bonchev–Trinajstić information content (AvgIpc) is 2.36. The number of nitrogens with one attached hydrogen (secondary N) is 1. The fraction of sp³-hybridized carbons (Fsp3) is 0.333. The van der Waals surface area contributed by atoms with Crippen molar-refractivity contribution < 1.29 is 0 Å². The molecule has 1 N–H and O–H groups in total. The van der Waals surface area contributed by atoms with Gasteiger partial charge < -0.3 is 5.32 Å². The second-order valence-corrected chi connectivity index (χ2v) is 7.42. The SMILES string of the molecule is Cc1cc(C)c(CNC(C)c2ccc(Br)cc2Br)c(C)c1. The first kappa shape index (κ1) is 16.7. The maximum atomic E-state index is 3.64. The van der Waals surface area contributed by atoms with E-state index >= 15 is 0 Å². The maximum absolute atomic E-state index is 3.64. The van der Waals surface area contributed by atoms with Crippen LogP contribution in [0.5, 0.6) is 0 Å². The minimum absolute atomic E-state index is 0.299. The Balaban J connectivity index is 2.13. The number of hydrogen-bond acceptors (Lipinski definition) is 1. The molecule has 0 fully saturated rings. The highest BCUT2D eigenvalue weighted by molar-refractivity contribution is 9.11. The predicted octanol–water partition coefficient (Wildman–Crippen LogP) is 5.99. The summed E-state index contributed by atoms with van der Waals surface area (Å²) < 4.78 is 2.23. The standard InChI is InChI=1S/C18H21Br2N/c1-11-7-12(2)17(13(3)8-11)10-21-14(4)16-6-5-15(19)9-18(16)20/h5-9,14,21H,10H2,1-4H3. The molecule has 1 unspecified atom stereocenters. The first-order valence-corrected chi connectivity index (χ1v) is 8.72. The Kier molecular flexibility index (Phi) is 5.64. The van der Waals surface area contributed by atoms with Crippen molar-refractivity contribution in [1.29, 1.82) is 0 Å². The van der Waals surface area contributed by atoms with Gasteiger partial charge in [0.15, 0.2) is 0 Å². The van der Waals surface area contributed by atoms with E-state index in [-0.39, 0.29) is 0 Å². The van der Waals surface area contributed by atoms with Crippen LogP contribution in [0.3, 0.4) is 0 Å². The van der Waals surface area contributed by atoms with E-state index in [0.29, 0.717) is 6.04 Å². The van der Waals surface area contributed by atoms with Gasteiger partial charge in [-0.1, -0.05) is 55.6 Å². The second-order valence-electron chi connectivity index (χ2n) is 5.65. The van der Waals surface area contributed by atoms with Gasteiger partial charge in [0.2, 0.25) is 0 Å². The van der Waals surface area contributed by atoms with Gasteiger partial charge in [-0.15, -0.1) is 0 Å². The summed E-state index contributed by atoms with van der Waals surface area (Å²) in [4.78, 5) is 0. The van der Waals surface area contributed by atoms with Crippen LogP contribution in [-0.4, -0.2) is 0 Å². The molecule has 2 aromatic carbocycles. The van der Waals surface area contributed by atoms with Gasteiger partial charge in [-0.3, -0.25) is 0 Å². The Morgan fingerprint density at radius 1 is 1.00 bits per heavy atom. The normalized spacial score (nSPS) is 12.5. The first-order valence-electron chi connectivity index (χ1n) is 7.13. The summed E-state index contributed by atoms with van der Waals surface area (Å²) >= 11 is 7.14. The lowest BCUT2D eigenvalue weighted by Gasteiger charge is -2.18. The Morgan fingerprint density at radius 3 is 2.19 bits per heavy atom. The molecule has 0 aromatic heterocycles. The Hall–Kier alpha value is -0.640. The smallest absolute Gasteiger partial charge is 0.0306 e. The van der Waals surface area contributed by atoms with E-state index in [1.165, 1.54) is 27.8 Å². The van der Waals surface area contributed by atoms with Gasteiger partial charge in [-0.2, -0.15) is 0 Å². The molecule has 0 aliphatic rings. The Bertz CT molecular complexity index is 627. The van der Waals surface area contributed by atoms with Crippen LogP contribution in [0.25, 0.3) is 0 Å². The lowest BCUT2D eigenvalue weighted by atomic mass is 9.99. The van der Waals surface area contributed by atoms with E-state index in [1.54, 1.807) is 0 Å². The molecule has 2 rings (SSSR count). The van der Waals surface area contributed by atoms with Gasteiger partial charge in [0.1, 0.15) is 0 Å². The molecule has 0 saturated carbocycles. The van der Waals surface area contributed by atoms with Crippen LogP contribution in [-0.2, 0) is 6.54 Å². The summed E-state index contributed by atoms with van der Waals surface area (Å²) in [5.41, 5.74) is 6.74. The Labute approximate surface area is 144 Å². The third-order valence-electron chi connectivity index (χ3n) is 3.85. The van der Waals surface area contributed by atoms with Gasteiger partial charge in [0.05, 0.1) is 0 Å². The summed E-state index contributed by atoms with van der Waals surface area (Å²) in [6.07, 6.45) is 0. The van der Waals surface area contributed by atoms with Gasteiger partial charge in [0, 0.05) is 21.5 Å². The van der Waals surface area contributed by atoms with Gasteiger partial charge in [-0.25, -0.2) is 0 Å². The number of halogens is 2. The molecule has 0 aliphatic heterocycles. The average molecular weight is 411 g/mol. The molecular weight excluding hydrogens is 390 g/mol. The molecule has 0 spiro atoms. The van der Waals surface area contributed by atoms with Crippen LogP contribution in [0, 0.1) is 20.8 Å². The van der Waals surface area contributed by atoms with Crippen molar-refractivity contribution >= 4 is 31.9 Å². The topological polar surface area (TPSA) is 12.0 Å². The minimum atomic E-state index is 0.299. The highest BCUT2D eigenvalue weighted by Gasteiger charge is 2.11. The first-order chi connectivity index (χ1) is 9.88. The third kappa shape index (κ3) is 4.18. The zero-order valence-corrected chi connectivity index (χ0v) is 16.1. The van der Waals surface area contributed by atoms with Crippen LogP contribution < -0.4 is 5.32 Å². The molecule has 0 aliphatic carbocycles. The van der Waals surface area contributed by atoms with Crippen molar-refractivity contribution in [3.8, 4) is 0 Å². The Morgan fingerprint density at radius 2 is 1.62 bits per heavy atom. The van der Waals surface area contributed by atoms with E-state index < -0.39 is 0 Å². The lowest BCUT2D eigenvalue weighted by molar-refractivity contribution is 0.570. The van der Waals surface area contributed by atoms with Crippen molar-refractivity contribution in [2.45, 2.75) is 40.3 Å². The van der Waals surface area contributed by atoms with Crippen LogP contribution in [0.15, 0.2) is 39.3 Å². The van der Waals surface area contributed by atoms with E-state index in [1.807, 2.05) is 0 Å². The van der Waals surface area contributed by atoms with Crippen LogP contribution in [0.4, 0.5) is 0 Å². The maximum Gasteiger partial charge on any atom is 0.0306 e. The molecule has 0 heterocycles. The van der Waals surface area contributed by atoms with E-state index in [4.69, 9.17) is 0 Å². The highest BCUT2D eigenvalue weighted by Crippen LogP contribution is 2.27. The van der Waals surface area contributed by atoms with Crippen molar-refractivity contribution in [3.05, 3.63) is 67.1 Å². The monoisotopic (exact) mass is 409 g/mol. The number of rotatable bonds is 4. The number of hydrogen-bond donors (Lipinski definition) is 1. The number of benzene rings is 2. The molecule has 1 atom stereocenters. The van der Waals surface area contributed by atoms with Crippen LogP contribution >= 0.6 is 31.9 Å².